The van der Waals surface area contributed by atoms with Crippen molar-refractivity contribution in [2.75, 3.05) is 0 Å². The van der Waals surface area contributed by atoms with Gasteiger partial charge in [0.2, 0.25) is 5.91 Å². The molecule has 0 radical (unpaired) electrons. The number of aryl methyl sites for hydroxylation is 2. The van der Waals surface area contributed by atoms with Gasteiger partial charge in [-0.1, -0.05) is 0 Å². The van der Waals surface area contributed by atoms with Crippen molar-refractivity contribution in [3.05, 3.63) is 21.9 Å². The molecule has 1 amide bonds. The topological polar surface area (TPSA) is 85.6 Å². The van der Waals surface area contributed by atoms with Gasteiger partial charge in [0.05, 0.1) is 11.2 Å². The monoisotopic (exact) mass is 280 g/mol. The molecule has 0 atom stereocenters. The lowest BCUT2D eigenvalue weighted by Gasteiger charge is -2.23. The van der Waals surface area contributed by atoms with Crippen LogP contribution < -0.4 is 5.32 Å². The van der Waals surface area contributed by atoms with Gasteiger partial charge in [-0.15, -0.1) is 16.4 Å². The van der Waals surface area contributed by atoms with Crippen molar-refractivity contribution >= 4 is 17.2 Å². The van der Waals surface area contributed by atoms with E-state index in [0.717, 1.165) is 15.6 Å². The maximum Gasteiger partial charge on any atom is 0.242 e. The van der Waals surface area contributed by atoms with Gasteiger partial charge in [-0.3, -0.25) is 4.79 Å². The van der Waals surface area contributed by atoms with E-state index >= 15 is 0 Å². The summed E-state index contributed by atoms with van der Waals surface area (Å²) in [5.74, 6) is -0.150. The van der Waals surface area contributed by atoms with E-state index in [4.69, 9.17) is 0 Å². The molecule has 0 spiro atoms. The summed E-state index contributed by atoms with van der Waals surface area (Å²) in [6.45, 7) is 7.95. The Balaban J connectivity index is 2.06. The third-order valence-corrected chi connectivity index (χ3v) is 4.11. The molecule has 0 bridgehead atoms. The van der Waals surface area contributed by atoms with E-state index in [2.05, 4.69) is 25.8 Å². The maximum absolute atomic E-state index is 11.9. The highest BCUT2D eigenvalue weighted by atomic mass is 32.1. The van der Waals surface area contributed by atoms with Crippen molar-refractivity contribution in [3.8, 4) is 0 Å². The van der Waals surface area contributed by atoms with Crippen LogP contribution in [0.15, 0.2) is 6.33 Å². The number of tetrazole rings is 1. The smallest absolute Gasteiger partial charge is 0.242 e. The maximum atomic E-state index is 11.9. The second-order valence-corrected chi connectivity index (χ2v) is 6.04. The van der Waals surface area contributed by atoms with Crippen molar-refractivity contribution in [3.63, 3.8) is 0 Å². The van der Waals surface area contributed by atoms with Crippen LogP contribution in [-0.4, -0.2) is 31.1 Å². The normalized spacial score (nSPS) is 11.6. The molecule has 7 nitrogen and oxygen atoms in total. The first-order valence-electron chi connectivity index (χ1n) is 5.85. The molecule has 2 rings (SSSR count). The summed E-state index contributed by atoms with van der Waals surface area (Å²) in [5.41, 5.74) is 0.497. The quantitative estimate of drug-likeness (QED) is 0.895. The summed E-state index contributed by atoms with van der Waals surface area (Å²) < 4.78 is 1.38. The van der Waals surface area contributed by atoms with E-state index in [1.807, 2.05) is 27.7 Å². The molecule has 0 saturated heterocycles. The van der Waals surface area contributed by atoms with Crippen molar-refractivity contribution in [1.82, 2.24) is 30.5 Å². The van der Waals surface area contributed by atoms with E-state index in [-0.39, 0.29) is 12.5 Å². The molecule has 0 aliphatic rings. The standard InChI is InChI=1S/C11H16N6OS/c1-7-8(2)19-10(13-7)11(3,4)14-9(18)5-17-6-12-15-16-17/h6H,5H2,1-4H3,(H,14,18). The number of hydrogen-bond donors (Lipinski definition) is 1. The van der Waals surface area contributed by atoms with Gasteiger partial charge in [0.15, 0.2) is 0 Å². The highest BCUT2D eigenvalue weighted by molar-refractivity contribution is 7.11. The summed E-state index contributed by atoms with van der Waals surface area (Å²) in [6, 6.07) is 0. The van der Waals surface area contributed by atoms with Crippen molar-refractivity contribution in [1.29, 1.82) is 0 Å². The van der Waals surface area contributed by atoms with Crippen LogP contribution in [0, 0.1) is 13.8 Å². The van der Waals surface area contributed by atoms with Gasteiger partial charge in [0.1, 0.15) is 17.9 Å². The average Bonchev–Trinajstić information content (AvgIpc) is 2.89. The predicted octanol–water partition coefficient (Wildman–Crippen LogP) is 0.798. The number of nitrogens with one attached hydrogen (secondary N) is 1. The van der Waals surface area contributed by atoms with Gasteiger partial charge in [-0.25, -0.2) is 9.67 Å². The number of thiazole rings is 1. The van der Waals surface area contributed by atoms with Gasteiger partial charge in [0.25, 0.3) is 0 Å². The van der Waals surface area contributed by atoms with Crippen LogP contribution in [0.1, 0.15) is 29.4 Å². The van der Waals surface area contributed by atoms with Crippen LogP contribution in [0.25, 0.3) is 0 Å². The third-order valence-electron chi connectivity index (χ3n) is 2.71. The number of aromatic nitrogens is 5. The zero-order chi connectivity index (χ0) is 14.0. The first-order valence-corrected chi connectivity index (χ1v) is 6.66. The Hall–Kier alpha value is -1.83. The largest absolute Gasteiger partial charge is 0.343 e. The van der Waals surface area contributed by atoms with E-state index in [1.165, 1.54) is 11.0 Å². The Labute approximate surface area is 115 Å². The fourth-order valence-electron chi connectivity index (χ4n) is 1.58. The fourth-order valence-corrected chi connectivity index (χ4v) is 2.55. The molecule has 2 aromatic heterocycles. The number of carbonyl (C=O) groups is 1. The van der Waals surface area contributed by atoms with E-state index in [9.17, 15) is 4.79 Å². The SMILES string of the molecule is Cc1nc(C(C)(C)NC(=O)Cn2cnnn2)sc1C. The van der Waals surface area contributed by atoms with E-state index < -0.39 is 5.54 Å². The minimum Gasteiger partial charge on any atom is -0.343 e. The first-order chi connectivity index (χ1) is 8.88. The summed E-state index contributed by atoms with van der Waals surface area (Å²) >= 11 is 1.60. The van der Waals surface area contributed by atoms with Crippen molar-refractivity contribution in [2.45, 2.75) is 39.8 Å². The molecule has 0 fully saturated rings. The minimum atomic E-state index is -0.505. The Morgan fingerprint density at radius 3 is 2.74 bits per heavy atom. The number of nitrogens with zero attached hydrogens (tertiary/aromatic N) is 5. The molecular weight excluding hydrogens is 264 g/mol. The minimum absolute atomic E-state index is 0.0970. The highest BCUT2D eigenvalue weighted by Crippen LogP contribution is 2.27. The molecule has 102 valence electrons. The van der Waals surface area contributed by atoms with Crippen molar-refractivity contribution < 1.29 is 4.79 Å². The first kappa shape index (κ1) is 13.6. The Morgan fingerprint density at radius 1 is 1.47 bits per heavy atom. The van der Waals surface area contributed by atoms with Gasteiger partial charge < -0.3 is 5.32 Å². The van der Waals surface area contributed by atoms with Crippen LogP contribution in [0.4, 0.5) is 0 Å². The molecule has 0 aliphatic heterocycles. The predicted molar refractivity (Wildman–Crippen MR) is 70.6 cm³/mol. The molecule has 0 unspecified atom stereocenters. The van der Waals surface area contributed by atoms with Gasteiger partial charge in [-0.2, -0.15) is 0 Å². The van der Waals surface area contributed by atoms with Crippen molar-refractivity contribution in [2.24, 2.45) is 0 Å². The van der Waals surface area contributed by atoms with Gasteiger partial charge in [0, 0.05) is 4.88 Å². The van der Waals surface area contributed by atoms with Crippen LogP contribution in [0.3, 0.4) is 0 Å². The van der Waals surface area contributed by atoms with Crippen LogP contribution in [0.2, 0.25) is 0 Å². The Bertz CT molecular complexity index is 555. The van der Waals surface area contributed by atoms with E-state index in [1.54, 1.807) is 11.3 Å². The number of rotatable bonds is 4. The number of amides is 1. The summed E-state index contributed by atoms with van der Waals surface area (Å²) in [4.78, 5) is 17.6. The fraction of sp³-hybridized carbons (Fsp3) is 0.545. The highest BCUT2D eigenvalue weighted by Gasteiger charge is 2.27. The lowest BCUT2D eigenvalue weighted by Crippen LogP contribution is -2.42. The summed E-state index contributed by atoms with van der Waals surface area (Å²) in [6.07, 6.45) is 1.41. The second-order valence-electron chi connectivity index (χ2n) is 4.84. The molecule has 1 N–H and O–H groups in total. The lowest BCUT2D eigenvalue weighted by molar-refractivity contribution is -0.123. The van der Waals surface area contributed by atoms with Gasteiger partial charge >= 0.3 is 0 Å². The number of hydrogen-bond acceptors (Lipinski definition) is 6. The Kier molecular flexibility index (Phi) is 3.61. The molecule has 0 aromatic carbocycles. The zero-order valence-electron chi connectivity index (χ0n) is 11.3. The molecule has 2 heterocycles. The molecule has 19 heavy (non-hydrogen) atoms. The molecule has 2 aromatic rings. The third kappa shape index (κ3) is 3.14. The van der Waals surface area contributed by atoms with Crippen LogP contribution >= 0.6 is 11.3 Å². The van der Waals surface area contributed by atoms with Crippen LogP contribution in [-0.2, 0) is 16.9 Å². The lowest BCUT2D eigenvalue weighted by atomic mass is 10.1. The molecule has 8 heteroatoms. The summed E-state index contributed by atoms with van der Waals surface area (Å²) in [7, 11) is 0. The Morgan fingerprint density at radius 2 is 2.21 bits per heavy atom. The van der Waals surface area contributed by atoms with E-state index in [0.29, 0.717) is 0 Å². The second kappa shape index (κ2) is 5.04. The molecular formula is C11H16N6OS. The van der Waals surface area contributed by atoms with Crippen LogP contribution in [0.5, 0.6) is 0 Å². The zero-order valence-corrected chi connectivity index (χ0v) is 12.2. The molecule has 0 saturated carbocycles. The average molecular weight is 280 g/mol. The number of carbonyl (C=O) groups excluding carboxylic acids is 1. The summed E-state index contributed by atoms with van der Waals surface area (Å²) in [5, 5.41) is 14.5. The van der Waals surface area contributed by atoms with Gasteiger partial charge in [-0.05, 0) is 38.1 Å². The molecule has 0 aliphatic carbocycles.